The van der Waals surface area contributed by atoms with Crippen LogP contribution >= 0.6 is 0 Å². The zero-order chi connectivity index (χ0) is 6.27. The van der Waals surface area contributed by atoms with E-state index >= 15 is 0 Å². The van der Waals surface area contributed by atoms with E-state index in [0.29, 0.717) is 0 Å². The third-order valence-corrected chi connectivity index (χ3v) is 1.89. The molecule has 48 valence electrons. The van der Waals surface area contributed by atoms with Crippen molar-refractivity contribution in [2.75, 3.05) is 0 Å². The summed E-state index contributed by atoms with van der Waals surface area (Å²) >= 11 is 0. The summed E-state index contributed by atoms with van der Waals surface area (Å²) in [4.78, 5) is 0. The zero-order valence-electron chi connectivity index (χ0n) is 5.52. The molecule has 1 saturated carbocycles. The number of H-pyrrole nitrogens is 1. The number of hydrogen-bond donors (Lipinski definition) is 1. The van der Waals surface area contributed by atoms with E-state index in [4.69, 9.17) is 0 Å². The summed E-state index contributed by atoms with van der Waals surface area (Å²) in [5.41, 5.74) is 2.67. The van der Waals surface area contributed by atoms with Gasteiger partial charge in [0.15, 0.2) is 0 Å². The van der Waals surface area contributed by atoms with Crippen molar-refractivity contribution in [2.45, 2.75) is 25.7 Å². The Morgan fingerprint density at radius 1 is 1.67 bits per heavy atom. The number of aromatic amines is 1. The minimum atomic E-state index is 0.837. The highest BCUT2D eigenvalue weighted by Gasteiger charge is 2.25. The minimum absolute atomic E-state index is 0.837. The Morgan fingerprint density at radius 2 is 2.44 bits per heavy atom. The van der Waals surface area contributed by atoms with Gasteiger partial charge in [0, 0.05) is 5.69 Å². The van der Waals surface area contributed by atoms with Gasteiger partial charge in [-0.2, -0.15) is 5.10 Å². The van der Waals surface area contributed by atoms with E-state index < -0.39 is 0 Å². The molecule has 0 spiro atoms. The van der Waals surface area contributed by atoms with Crippen LogP contribution in [0.1, 0.15) is 30.0 Å². The van der Waals surface area contributed by atoms with E-state index in [1.807, 2.05) is 6.20 Å². The molecule has 0 unspecified atom stereocenters. The molecular weight excluding hydrogens is 112 g/mol. The van der Waals surface area contributed by atoms with Crippen molar-refractivity contribution in [1.82, 2.24) is 10.2 Å². The van der Waals surface area contributed by atoms with Crippen LogP contribution in [0, 0.1) is 6.92 Å². The highest BCUT2D eigenvalue weighted by atomic mass is 15.1. The second-order valence-corrected chi connectivity index (χ2v) is 2.72. The fourth-order valence-corrected chi connectivity index (χ4v) is 1.17. The summed E-state index contributed by atoms with van der Waals surface area (Å²) in [6.07, 6.45) is 4.67. The van der Waals surface area contributed by atoms with Gasteiger partial charge in [-0.15, -0.1) is 0 Å². The Labute approximate surface area is 54.3 Å². The van der Waals surface area contributed by atoms with Crippen LogP contribution in [-0.4, -0.2) is 10.2 Å². The van der Waals surface area contributed by atoms with Crippen molar-refractivity contribution >= 4 is 0 Å². The van der Waals surface area contributed by atoms with E-state index in [0.717, 1.165) is 5.92 Å². The average Bonchev–Trinajstić information content (AvgIpc) is 2.58. The molecule has 2 rings (SSSR count). The van der Waals surface area contributed by atoms with Crippen LogP contribution in [0.25, 0.3) is 0 Å². The highest BCUT2D eigenvalue weighted by molar-refractivity contribution is 5.23. The lowest BCUT2D eigenvalue weighted by atomic mass is 10.2. The van der Waals surface area contributed by atoms with Crippen LogP contribution in [0.3, 0.4) is 0 Å². The van der Waals surface area contributed by atoms with Gasteiger partial charge in [0.1, 0.15) is 0 Å². The maximum Gasteiger partial charge on any atom is 0.0524 e. The normalized spacial score (nSPS) is 18.3. The molecule has 1 aliphatic carbocycles. The van der Waals surface area contributed by atoms with E-state index in [-0.39, 0.29) is 0 Å². The summed E-state index contributed by atoms with van der Waals surface area (Å²) in [6, 6.07) is 0. The maximum absolute atomic E-state index is 3.96. The summed E-state index contributed by atoms with van der Waals surface area (Å²) < 4.78 is 0. The molecule has 0 aliphatic heterocycles. The first kappa shape index (κ1) is 5.03. The van der Waals surface area contributed by atoms with Gasteiger partial charge in [-0.05, 0) is 31.2 Å². The Hall–Kier alpha value is -0.790. The van der Waals surface area contributed by atoms with Gasteiger partial charge in [0.05, 0.1) is 6.20 Å². The standard InChI is InChI=1S/C7H10N2/c1-5-7(4-8-9-5)6-2-3-6/h4,6H,2-3H2,1H3,(H,8,9). The molecule has 1 aliphatic rings. The van der Waals surface area contributed by atoms with Crippen LogP contribution in [0.5, 0.6) is 0 Å². The zero-order valence-corrected chi connectivity index (χ0v) is 5.52. The topological polar surface area (TPSA) is 28.7 Å². The molecule has 2 heteroatoms. The lowest BCUT2D eigenvalue weighted by Gasteiger charge is -1.89. The second-order valence-electron chi connectivity index (χ2n) is 2.72. The van der Waals surface area contributed by atoms with E-state index in [1.165, 1.54) is 24.1 Å². The molecule has 2 nitrogen and oxygen atoms in total. The van der Waals surface area contributed by atoms with Crippen LogP contribution in [0.4, 0.5) is 0 Å². The van der Waals surface area contributed by atoms with E-state index in [1.54, 1.807) is 0 Å². The van der Waals surface area contributed by atoms with Gasteiger partial charge >= 0.3 is 0 Å². The number of aryl methyl sites for hydroxylation is 1. The number of rotatable bonds is 1. The molecule has 0 atom stereocenters. The predicted molar refractivity (Wildman–Crippen MR) is 35.3 cm³/mol. The molecule has 0 saturated heterocycles. The molecule has 0 amide bonds. The molecule has 1 aromatic rings. The SMILES string of the molecule is Cc1[nH]ncc1C1CC1. The summed E-state index contributed by atoms with van der Waals surface area (Å²) in [5.74, 6) is 0.837. The van der Waals surface area contributed by atoms with Crippen molar-refractivity contribution in [1.29, 1.82) is 0 Å². The van der Waals surface area contributed by atoms with Crippen molar-refractivity contribution in [3.8, 4) is 0 Å². The molecule has 1 heterocycles. The van der Waals surface area contributed by atoms with E-state index in [9.17, 15) is 0 Å². The predicted octanol–water partition coefficient (Wildman–Crippen LogP) is 1.60. The first-order chi connectivity index (χ1) is 4.38. The molecule has 1 fully saturated rings. The minimum Gasteiger partial charge on any atom is -0.283 e. The number of nitrogens with one attached hydrogen (secondary N) is 1. The lowest BCUT2D eigenvalue weighted by molar-refractivity contribution is 1.04. The van der Waals surface area contributed by atoms with Gasteiger partial charge in [-0.3, -0.25) is 5.10 Å². The van der Waals surface area contributed by atoms with Crippen LogP contribution in [0.2, 0.25) is 0 Å². The van der Waals surface area contributed by atoms with Gasteiger partial charge < -0.3 is 0 Å². The smallest absolute Gasteiger partial charge is 0.0524 e. The Morgan fingerprint density at radius 3 is 2.89 bits per heavy atom. The summed E-state index contributed by atoms with van der Waals surface area (Å²) in [5, 5.41) is 6.90. The lowest BCUT2D eigenvalue weighted by Crippen LogP contribution is -1.77. The van der Waals surface area contributed by atoms with Crippen LogP contribution in [-0.2, 0) is 0 Å². The number of aromatic nitrogens is 2. The second kappa shape index (κ2) is 1.59. The van der Waals surface area contributed by atoms with E-state index in [2.05, 4.69) is 17.1 Å². The highest BCUT2D eigenvalue weighted by Crippen LogP contribution is 2.40. The van der Waals surface area contributed by atoms with Gasteiger partial charge in [-0.25, -0.2) is 0 Å². The Kier molecular flexibility index (Phi) is 0.891. The largest absolute Gasteiger partial charge is 0.283 e. The van der Waals surface area contributed by atoms with Gasteiger partial charge in [0.25, 0.3) is 0 Å². The average molecular weight is 122 g/mol. The van der Waals surface area contributed by atoms with Crippen molar-refractivity contribution < 1.29 is 0 Å². The Bertz CT molecular complexity index is 210. The Balaban J connectivity index is 2.35. The molecule has 1 N–H and O–H groups in total. The van der Waals surface area contributed by atoms with Crippen LogP contribution < -0.4 is 0 Å². The fourth-order valence-electron chi connectivity index (χ4n) is 1.17. The van der Waals surface area contributed by atoms with Gasteiger partial charge in [0.2, 0.25) is 0 Å². The monoisotopic (exact) mass is 122 g/mol. The molecular formula is C7H10N2. The fraction of sp³-hybridized carbons (Fsp3) is 0.571. The van der Waals surface area contributed by atoms with Crippen molar-refractivity contribution in [3.05, 3.63) is 17.5 Å². The van der Waals surface area contributed by atoms with Crippen molar-refractivity contribution in [2.24, 2.45) is 0 Å². The number of hydrogen-bond acceptors (Lipinski definition) is 1. The van der Waals surface area contributed by atoms with Crippen molar-refractivity contribution in [3.63, 3.8) is 0 Å². The molecule has 1 aromatic heterocycles. The third-order valence-electron chi connectivity index (χ3n) is 1.89. The molecule has 0 aromatic carbocycles. The molecule has 9 heavy (non-hydrogen) atoms. The third kappa shape index (κ3) is 0.745. The molecule has 0 bridgehead atoms. The number of nitrogens with zero attached hydrogens (tertiary/aromatic N) is 1. The summed E-state index contributed by atoms with van der Waals surface area (Å²) in [6.45, 7) is 2.08. The summed E-state index contributed by atoms with van der Waals surface area (Å²) in [7, 11) is 0. The van der Waals surface area contributed by atoms with Crippen LogP contribution in [0.15, 0.2) is 6.20 Å². The first-order valence-corrected chi connectivity index (χ1v) is 3.38. The first-order valence-electron chi connectivity index (χ1n) is 3.38. The maximum atomic E-state index is 3.96. The molecule has 0 radical (unpaired) electrons. The van der Waals surface area contributed by atoms with Gasteiger partial charge in [-0.1, -0.05) is 0 Å². The quantitative estimate of drug-likeness (QED) is 0.602.